The number of rotatable bonds is 6. The Morgan fingerprint density at radius 3 is 1.48 bits per heavy atom. The van der Waals surface area contributed by atoms with Crippen LogP contribution in [0.15, 0.2) is 217 Å². The highest BCUT2D eigenvalue weighted by atomic mass is 16.3. The molecule has 11 rings (SSSR count). The van der Waals surface area contributed by atoms with Gasteiger partial charge in [-0.15, -0.1) is 0 Å². The second-order valence-corrected chi connectivity index (χ2v) is 14.5. The number of anilines is 3. The second-order valence-electron chi connectivity index (χ2n) is 14.5. The molecular formula is C54H35NO. The molecule has 1 aromatic heterocycles. The summed E-state index contributed by atoms with van der Waals surface area (Å²) in [5.74, 6) is 0. The normalized spacial score (nSPS) is 11.6. The molecule has 2 heteroatoms. The van der Waals surface area contributed by atoms with Crippen molar-refractivity contribution >= 4 is 71.3 Å². The highest BCUT2D eigenvalue weighted by Crippen LogP contribution is 2.44. The predicted octanol–water partition coefficient (Wildman–Crippen LogP) is 15.5. The van der Waals surface area contributed by atoms with E-state index in [9.17, 15) is 0 Å². The molecule has 11 aromatic rings. The van der Waals surface area contributed by atoms with Crippen molar-refractivity contribution in [2.45, 2.75) is 0 Å². The van der Waals surface area contributed by atoms with Gasteiger partial charge in [0.15, 0.2) is 0 Å². The first-order valence-corrected chi connectivity index (χ1v) is 19.2. The standard InChI is InChI=1S/C54H35NO/c1-2-12-36(13-3-1)37-22-24-39(25-23-37)43-14-8-10-20-52(43)55(42-31-32-48-46-17-5-4-15-44(46)45-16-6-7-18-47(45)50(48)35-42)41-29-26-38(27-30-41)40-28-33-54-51(34-40)49-19-9-11-21-53(49)56-54/h1-35H. The number of hydrogen-bond donors (Lipinski definition) is 0. The number of hydrogen-bond acceptors (Lipinski definition) is 2. The summed E-state index contributed by atoms with van der Waals surface area (Å²) in [5.41, 5.74) is 12.2. The highest BCUT2D eigenvalue weighted by molar-refractivity contribution is 6.25. The Kier molecular flexibility index (Phi) is 7.53. The fourth-order valence-electron chi connectivity index (χ4n) is 8.56. The Morgan fingerprint density at radius 2 is 0.750 bits per heavy atom. The van der Waals surface area contributed by atoms with E-state index in [4.69, 9.17) is 4.42 Å². The molecule has 0 saturated heterocycles. The van der Waals surface area contributed by atoms with Gasteiger partial charge in [-0.1, -0.05) is 164 Å². The van der Waals surface area contributed by atoms with Crippen LogP contribution in [0.2, 0.25) is 0 Å². The van der Waals surface area contributed by atoms with E-state index < -0.39 is 0 Å². The Bertz CT molecular complexity index is 3200. The summed E-state index contributed by atoms with van der Waals surface area (Å²) in [7, 11) is 0. The third-order valence-corrected chi connectivity index (χ3v) is 11.3. The van der Waals surface area contributed by atoms with Gasteiger partial charge in [0.25, 0.3) is 0 Å². The van der Waals surface area contributed by atoms with Crippen molar-refractivity contribution < 1.29 is 4.42 Å². The number of fused-ring (bicyclic) bond motifs is 9. The number of nitrogens with zero attached hydrogens (tertiary/aromatic N) is 1. The summed E-state index contributed by atoms with van der Waals surface area (Å²) in [6.07, 6.45) is 0. The van der Waals surface area contributed by atoms with Crippen molar-refractivity contribution in [3.8, 4) is 33.4 Å². The maximum absolute atomic E-state index is 6.14. The van der Waals surface area contributed by atoms with Gasteiger partial charge in [-0.3, -0.25) is 0 Å². The first-order chi connectivity index (χ1) is 27.8. The van der Waals surface area contributed by atoms with Crippen LogP contribution >= 0.6 is 0 Å². The van der Waals surface area contributed by atoms with Gasteiger partial charge >= 0.3 is 0 Å². The summed E-state index contributed by atoms with van der Waals surface area (Å²) in [6.45, 7) is 0. The van der Waals surface area contributed by atoms with Gasteiger partial charge in [0.05, 0.1) is 5.69 Å². The quantitative estimate of drug-likeness (QED) is 0.160. The van der Waals surface area contributed by atoms with Gasteiger partial charge in [0, 0.05) is 27.7 Å². The van der Waals surface area contributed by atoms with Crippen molar-refractivity contribution in [2.24, 2.45) is 0 Å². The zero-order valence-electron chi connectivity index (χ0n) is 30.6. The lowest BCUT2D eigenvalue weighted by Crippen LogP contribution is -2.11. The lowest BCUT2D eigenvalue weighted by atomic mass is 9.93. The molecule has 262 valence electrons. The van der Waals surface area contributed by atoms with Crippen LogP contribution in [0, 0.1) is 0 Å². The lowest BCUT2D eigenvalue weighted by molar-refractivity contribution is 0.669. The second kappa shape index (κ2) is 13.2. The molecule has 1 heterocycles. The van der Waals surface area contributed by atoms with Crippen molar-refractivity contribution in [1.29, 1.82) is 0 Å². The zero-order chi connectivity index (χ0) is 37.0. The molecule has 0 atom stereocenters. The minimum absolute atomic E-state index is 0.905. The average molecular weight is 714 g/mol. The van der Waals surface area contributed by atoms with Crippen LogP contribution in [-0.4, -0.2) is 0 Å². The molecule has 0 amide bonds. The molecule has 0 saturated carbocycles. The average Bonchev–Trinajstić information content (AvgIpc) is 3.65. The molecule has 2 nitrogen and oxygen atoms in total. The first kappa shape index (κ1) is 32.0. The minimum Gasteiger partial charge on any atom is -0.456 e. The van der Waals surface area contributed by atoms with Crippen LogP contribution in [0.3, 0.4) is 0 Å². The molecular weight excluding hydrogens is 679 g/mol. The van der Waals surface area contributed by atoms with E-state index in [1.807, 2.05) is 12.1 Å². The van der Waals surface area contributed by atoms with Gasteiger partial charge in [0.2, 0.25) is 0 Å². The molecule has 0 unspecified atom stereocenters. The molecule has 0 bridgehead atoms. The van der Waals surface area contributed by atoms with E-state index in [1.165, 1.54) is 49.0 Å². The monoisotopic (exact) mass is 713 g/mol. The maximum Gasteiger partial charge on any atom is 0.135 e. The summed E-state index contributed by atoms with van der Waals surface area (Å²) in [5, 5.41) is 9.83. The SMILES string of the molecule is c1ccc(-c2ccc(-c3ccccc3N(c3ccc(-c4ccc5oc6ccccc6c5c4)cc3)c3ccc4c5ccccc5c5ccccc5c4c3)cc2)cc1. The van der Waals surface area contributed by atoms with E-state index in [2.05, 4.69) is 205 Å². The van der Waals surface area contributed by atoms with Gasteiger partial charge < -0.3 is 9.32 Å². The molecule has 0 aliphatic heterocycles. The van der Waals surface area contributed by atoms with Crippen molar-refractivity contribution in [2.75, 3.05) is 4.90 Å². The number of para-hydroxylation sites is 2. The van der Waals surface area contributed by atoms with Gasteiger partial charge in [-0.05, 0) is 109 Å². The maximum atomic E-state index is 6.14. The van der Waals surface area contributed by atoms with Crippen molar-refractivity contribution in [3.63, 3.8) is 0 Å². The van der Waals surface area contributed by atoms with Crippen LogP contribution in [-0.2, 0) is 0 Å². The third-order valence-electron chi connectivity index (χ3n) is 11.3. The van der Waals surface area contributed by atoms with E-state index in [1.54, 1.807) is 0 Å². The van der Waals surface area contributed by atoms with Crippen LogP contribution in [0.5, 0.6) is 0 Å². The number of benzene rings is 10. The summed E-state index contributed by atoms with van der Waals surface area (Å²) in [6, 6.07) is 76.6. The van der Waals surface area contributed by atoms with E-state index in [-0.39, 0.29) is 0 Å². The highest BCUT2D eigenvalue weighted by Gasteiger charge is 2.19. The first-order valence-electron chi connectivity index (χ1n) is 19.2. The molecule has 0 spiro atoms. The van der Waals surface area contributed by atoms with E-state index in [0.29, 0.717) is 0 Å². The Morgan fingerprint density at radius 1 is 0.268 bits per heavy atom. The van der Waals surface area contributed by atoms with Crippen LogP contribution in [0.25, 0.3) is 87.6 Å². The van der Waals surface area contributed by atoms with E-state index in [0.717, 1.165) is 55.7 Å². The topological polar surface area (TPSA) is 16.4 Å². The van der Waals surface area contributed by atoms with Crippen molar-refractivity contribution in [1.82, 2.24) is 0 Å². The van der Waals surface area contributed by atoms with Crippen LogP contribution in [0.4, 0.5) is 17.1 Å². The molecule has 0 radical (unpaired) electrons. The summed E-state index contributed by atoms with van der Waals surface area (Å²) < 4.78 is 6.14. The van der Waals surface area contributed by atoms with E-state index >= 15 is 0 Å². The Balaban J connectivity index is 1.08. The van der Waals surface area contributed by atoms with Gasteiger partial charge in [-0.25, -0.2) is 0 Å². The summed E-state index contributed by atoms with van der Waals surface area (Å²) in [4.78, 5) is 2.42. The fraction of sp³-hybridized carbons (Fsp3) is 0. The molecule has 0 aliphatic rings. The summed E-state index contributed by atoms with van der Waals surface area (Å²) >= 11 is 0. The van der Waals surface area contributed by atoms with Gasteiger partial charge in [-0.2, -0.15) is 0 Å². The van der Waals surface area contributed by atoms with Gasteiger partial charge in [0.1, 0.15) is 11.2 Å². The molecule has 10 aromatic carbocycles. The molecule has 0 aliphatic carbocycles. The largest absolute Gasteiger partial charge is 0.456 e. The van der Waals surface area contributed by atoms with Crippen LogP contribution in [0.1, 0.15) is 0 Å². The smallest absolute Gasteiger partial charge is 0.135 e. The Hall–Kier alpha value is -7.42. The fourth-order valence-corrected chi connectivity index (χ4v) is 8.56. The molecule has 56 heavy (non-hydrogen) atoms. The lowest BCUT2D eigenvalue weighted by Gasteiger charge is -2.28. The zero-order valence-corrected chi connectivity index (χ0v) is 30.6. The number of furan rings is 1. The molecule has 0 N–H and O–H groups in total. The predicted molar refractivity (Wildman–Crippen MR) is 237 cm³/mol. The molecule has 0 fully saturated rings. The third kappa shape index (κ3) is 5.34. The Labute approximate surface area is 325 Å². The van der Waals surface area contributed by atoms with Crippen molar-refractivity contribution in [3.05, 3.63) is 212 Å². The minimum atomic E-state index is 0.905. The van der Waals surface area contributed by atoms with Crippen LogP contribution < -0.4 is 4.90 Å².